The molecular formula is C13H20N2O6. The molecule has 2 N–H and O–H groups in total. The quantitative estimate of drug-likeness (QED) is 0.497. The highest BCUT2D eigenvalue weighted by Crippen LogP contribution is 2.11. The van der Waals surface area contributed by atoms with E-state index in [9.17, 15) is 19.5 Å². The van der Waals surface area contributed by atoms with E-state index in [2.05, 4.69) is 5.32 Å². The van der Waals surface area contributed by atoms with Gasteiger partial charge in [0.1, 0.15) is 12.3 Å². The van der Waals surface area contributed by atoms with E-state index in [0.717, 1.165) is 11.0 Å². The van der Waals surface area contributed by atoms with Gasteiger partial charge in [0.25, 0.3) is 0 Å². The molecule has 0 aliphatic carbocycles. The first-order valence-electron chi connectivity index (χ1n) is 6.78. The van der Waals surface area contributed by atoms with Gasteiger partial charge < -0.3 is 19.9 Å². The lowest BCUT2D eigenvalue weighted by molar-refractivity contribution is -0.143. The number of hydrogen-bond donors (Lipinski definition) is 2. The lowest BCUT2D eigenvalue weighted by Gasteiger charge is -2.16. The molecule has 1 aliphatic heterocycles. The topological polar surface area (TPSA) is 105 Å². The number of aliphatic hydroxyl groups excluding tert-OH is 1. The first kappa shape index (κ1) is 17.0. The van der Waals surface area contributed by atoms with Gasteiger partial charge in [-0.2, -0.15) is 0 Å². The van der Waals surface area contributed by atoms with Crippen molar-refractivity contribution in [1.29, 1.82) is 0 Å². The zero-order valence-electron chi connectivity index (χ0n) is 12.1. The molecule has 1 heterocycles. The first-order chi connectivity index (χ1) is 9.99. The van der Waals surface area contributed by atoms with Crippen molar-refractivity contribution in [2.75, 3.05) is 26.3 Å². The van der Waals surface area contributed by atoms with Crippen LogP contribution in [-0.4, -0.2) is 60.4 Å². The average Bonchev–Trinajstić information content (AvgIpc) is 2.88. The zero-order valence-corrected chi connectivity index (χ0v) is 12.1. The molecule has 21 heavy (non-hydrogen) atoms. The minimum atomic E-state index is -0.815. The SMILES string of the molecule is CCOC(=O)/C(=C/C(=O)OCC(O)CC)N1CCNC1=O. The van der Waals surface area contributed by atoms with Crippen molar-refractivity contribution in [3.05, 3.63) is 11.8 Å². The van der Waals surface area contributed by atoms with Crippen LogP contribution < -0.4 is 5.32 Å². The summed E-state index contributed by atoms with van der Waals surface area (Å²) in [7, 11) is 0. The van der Waals surface area contributed by atoms with Crippen molar-refractivity contribution in [3.8, 4) is 0 Å². The lowest BCUT2D eigenvalue weighted by Crippen LogP contribution is -2.33. The summed E-state index contributed by atoms with van der Waals surface area (Å²) in [6.45, 7) is 3.94. The monoisotopic (exact) mass is 300 g/mol. The van der Waals surface area contributed by atoms with Crippen LogP contribution in [0, 0.1) is 0 Å². The molecule has 1 rings (SSSR count). The van der Waals surface area contributed by atoms with Crippen molar-refractivity contribution >= 4 is 18.0 Å². The minimum absolute atomic E-state index is 0.120. The lowest BCUT2D eigenvalue weighted by atomic mass is 10.3. The van der Waals surface area contributed by atoms with E-state index in [0.29, 0.717) is 13.0 Å². The van der Waals surface area contributed by atoms with Crippen molar-refractivity contribution < 1.29 is 29.0 Å². The molecule has 1 saturated heterocycles. The summed E-state index contributed by atoms with van der Waals surface area (Å²) >= 11 is 0. The Bertz CT molecular complexity index is 434. The number of amides is 2. The highest BCUT2D eigenvalue weighted by molar-refractivity contribution is 5.99. The standard InChI is InChI=1S/C13H20N2O6/c1-3-9(16)8-21-11(17)7-10(12(18)20-4-2)15-6-5-14-13(15)19/h7,9,16H,3-6,8H2,1-2H3,(H,14,19)/b10-7-. The third-order valence-corrected chi connectivity index (χ3v) is 2.78. The molecule has 1 fully saturated rings. The Morgan fingerprint density at radius 3 is 2.67 bits per heavy atom. The number of carbonyl (C=O) groups is 3. The second kappa shape index (κ2) is 8.25. The van der Waals surface area contributed by atoms with Gasteiger partial charge in [-0.3, -0.25) is 4.90 Å². The van der Waals surface area contributed by atoms with Crippen molar-refractivity contribution in [2.24, 2.45) is 0 Å². The Morgan fingerprint density at radius 1 is 1.43 bits per heavy atom. The zero-order chi connectivity index (χ0) is 15.8. The second-order valence-electron chi connectivity index (χ2n) is 4.33. The third-order valence-electron chi connectivity index (χ3n) is 2.78. The first-order valence-corrected chi connectivity index (χ1v) is 6.78. The summed E-state index contributed by atoms with van der Waals surface area (Å²) in [5.41, 5.74) is -0.178. The van der Waals surface area contributed by atoms with Gasteiger partial charge in [-0.05, 0) is 13.3 Å². The number of nitrogens with zero attached hydrogens (tertiary/aromatic N) is 1. The molecule has 1 aliphatic rings. The van der Waals surface area contributed by atoms with Crippen molar-refractivity contribution in [1.82, 2.24) is 10.2 Å². The minimum Gasteiger partial charge on any atom is -0.461 e. The van der Waals surface area contributed by atoms with E-state index < -0.39 is 24.1 Å². The summed E-state index contributed by atoms with van der Waals surface area (Å²) in [4.78, 5) is 36.2. The van der Waals surface area contributed by atoms with Gasteiger partial charge in [-0.1, -0.05) is 6.92 Å². The predicted molar refractivity (Wildman–Crippen MR) is 72.1 cm³/mol. The van der Waals surface area contributed by atoms with Crippen LogP contribution in [0.5, 0.6) is 0 Å². The maximum Gasteiger partial charge on any atom is 0.355 e. The number of carbonyl (C=O) groups excluding carboxylic acids is 3. The van der Waals surface area contributed by atoms with Crippen LogP contribution in [0.1, 0.15) is 20.3 Å². The van der Waals surface area contributed by atoms with E-state index in [1.54, 1.807) is 13.8 Å². The van der Waals surface area contributed by atoms with Gasteiger partial charge in [0.05, 0.1) is 18.8 Å². The smallest absolute Gasteiger partial charge is 0.355 e. The fraction of sp³-hybridized carbons (Fsp3) is 0.615. The van der Waals surface area contributed by atoms with E-state index in [1.807, 2.05) is 0 Å². The van der Waals surface area contributed by atoms with Gasteiger partial charge >= 0.3 is 18.0 Å². The molecule has 0 radical (unpaired) electrons. The summed E-state index contributed by atoms with van der Waals surface area (Å²) in [5.74, 6) is -1.59. The molecule has 0 saturated carbocycles. The molecule has 1 atom stereocenters. The number of urea groups is 1. The maximum absolute atomic E-state index is 11.8. The number of nitrogens with one attached hydrogen (secondary N) is 1. The number of hydrogen-bond acceptors (Lipinski definition) is 6. The highest BCUT2D eigenvalue weighted by atomic mass is 16.5. The molecule has 0 spiro atoms. The Morgan fingerprint density at radius 2 is 2.14 bits per heavy atom. The van der Waals surface area contributed by atoms with Crippen LogP contribution in [0.2, 0.25) is 0 Å². The highest BCUT2D eigenvalue weighted by Gasteiger charge is 2.29. The van der Waals surface area contributed by atoms with Crippen LogP contribution in [-0.2, 0) is 19.1 Å². The van der Waals surface area contributed by atoms with Crippen LogP contribution in [0.25, 0.3) is 0 Å². The molecule has 0 bridgehead atoms. The summed E-state index contributed by atoms with van der Waals surface area (Å²) in [6.07, 6.45) is 0.588. The summed E-state index contributed by atoms with van der Waals surface area (Å²) < 4.78 is 9.64. The molecule has 8 heteroatoms. The summed E-state index contributed by atoms with van der Waals surface area (Å²) in [5, 5.41) is 11.8. The molecule has 118 valence electrons. The van der Waals surface area contributed by atoms with E-state index >= 15 is 0 Å². The van der Waals surface area contributed by atoms with Crippen LogP contribution in [0.4, 0.5) is 4.79 Å². The Kier molecular flexibility index (Phi) is 6.67. The molecular weight excluding hydrogens is 280 g/mol. The fourth-order valence-corrected chi connectivity index (χ4v) is 1.60. The number of ether oxygens (including phenoxy) is 2. The van der Waals surface area contributed by atoms with Crippen LogP contribution in [0.3, 0.4) is 0 Å². The van der Waals surface area contributed by atoms with Gasteiger partial charge in [0.15, 0.2) is 0 Å². The molecule has 0 aromatic heterocycles. The Labute approximate surface area is 122 Å². The molecule has 0 aromatic rings. The third kappa shape index (κ3) is 5.07. The van der Waals surface area contributed by atoms with E-state index in [1.165, 1.54) is 0 Å². The fourth-order valence-electron chi connectivity index (χ4n) is 1.60. The van der Waals surface area contributed by atoms with E-state index in [4.69, 9.17) is 9.47 Å². The normalized spacial score (nSPS) is 16.4. The molecule has 8 nitrogen and oxygen atoms in total. The van der Waals surface area contributed by atoms with Crippen molar-refractivity contribution in [2.45, 2.75) is 26.4 Å². The van der Waals surface area contributed by atoms with Crippen LogP contribution in [0.15, 0.2) is 11.8 Å². The molecule has 2 amide bonds. The summed E-state index contributed by atoms with van der Waals surface area (Å²) in [6, 6.07) is -0.476. The van der Waals surface area contributed by atoms with Gasteiger partial charge in [0, 0.05) is 13.1 Å². The maximum atomic E-state index is 11.8. The molecule has 1 unspecified atom stereocenters. The largest absolute Gasteiger partial charge is 0.461 e. The van der Waals surface area contributed by atoms with E-state index in [-0.39, 0.29) is 25.5 Å². The predicted octanol–water partition coefficient (Wildman–Crippen LogP) is -0.227. The second-order valence-corrected chi connectivity index (χ2v) is 4.33. The Hall–Kier alpha value is -2.09. The van der Waals surface area contributed by atoms with Crippen LogP contribution >= 0.6 is 0 Å². The average molecular weight is 300 g/mol. The molecule has 0 aromatic carbocycles. The Balaban J connectivity index is 2.79. The van der Waals surface area contributed by atoms with Gasteiger partial charge in [0.2, 0.25) is 0 Å². The number of aliphatic hydroxyl groups is 1. The number of rotatable bonds is 7. The van der Waals surface area contributed by atoms with Crippen molar-refractivity contribution in [3.63, 3.8) is 0 Å². The van der Waals surface area contributed by atoms with Gasteiger partial charge in [-0.15, -0.1) is 0 Å². The van der Waals surface area contributed by atoms with Gasteiger partial charge in [-0.25, -0.2) is 14.4 Å². The number of esters is 2.